The SMILES string of the molecule is O=S(=O)(c1ccc(Br)s1)N1CCN(c2cncc(Cl)n2)CC1. The molecule has 3 rings (SSSR count). The van der Waals surface area contributed by atoms with Crippen LogP contribution >= 0.6 is 38.9 Å². The summed E-state index contributed by atoms with van der Waals surface area (Å²) in [6.07, 6.45) is 3.10. The second kappa shape index (κ2) is 6.40. The summed E-state index contributed by atoms with van der Waals surface area (Å²) in [5, 5.41) is 0.330. The Morgan fingerprint density at radius 1 is 1.18 bits per heavy atom. The summed E-state index contributed by atoms with van der Waals surface area (Å²) in [6.45, 7) is 1.93. The highest BCUT2D eigenvalue weighted by molar-refractivity contribution is 9.11. The fourth-order valence-electron chi connectivity index (χ4n) is 2.21. The van der Waals surface area contributed by atoms with Gasteiger partial charge in [0.25, 0.3) is 10.0 Å². The van der Waals surface area contributed by atoms with Crippen LogP contribution in [0, 0.1) is 0 Å². The van der Waals surface area contributed by atoms with Gasteiger partial charge in [0, 0.05) is 26.2 Å². The zero-order valence-electron chi connectivity index (χ0n) is 11.3. The molecule has 118 valence electrons. The second-order valence-electron chi connectivity index (χ2n) is 4.65. The minimum Gasteiger partial charge on any atom is -0.353 e. The summed E-state index contributed by atoms with van der Waals surface area (Å²) in [5.74, 6) is 0.670. The van der Waals surface area contributed by atoms with E-state index in [4.69, 9.17) is 11.6 Å². The van der Waals surface area contributed by atoms with Gasteiger partial charge in [0.05, 0.1) is 16.2 Å². The Bertz CT molecular complexity index is 775. The van der Waals surface area contributed by atoms with Crippen LogP contribution in [0.3, 0.4) is 0 Å². The summed E-state index contributed by atoms with van der Waals surface area (Å²) in [6, 6.07) is 3.37. The van der Waals surface area contributed by atoms with E-state index >= 15 is 0 Å². The van der Waals surface area contributed by atoms with Gasteiger partial charge in [0.15, 0.2) is 0 Å². The lowest BCUT2D eigenvalue weighted by atomic mass is 10.3. The molecule has 0 unspecified atom stereocenters. The van der Waals surface area contributed by atoms with Gasteiger partial charge < -0.3 is 4.90 Å². The quantitative estimate of drug-likeness (QED) is 0.759. The van der Waals surface area contributed by atoms with E-state index in [1.807, 2.05) is 4.90 Å². The first-order chi connectivity index (χ1) is 10.5. The molecular weight excluding hydrogens is 412 g/mol. The fourth-order valence-corrected chi connectivity index (χ4v) is 5.94. The molecule has 1 aliphatic heterocycles. The van der Waals surface area contributed by atoms with E-state index in [2.05, 4.69) is 25.9 Å². The normalized spacial score (nSPS) is 16.9. The second-order valence-corrected chi connectivity index (χ2v) is 9.66. The van der Waals surface area contributed by atoms with Crippen molar-refractivity contribution >= 4 is 54.7 Å². The van der Waals surface area contributed by atoms with Gasteiger partial charge in [-0.2, -0.15) is 4.31 Å². The molecule has 0 aromatic carbocycles. The standard InChI is InChI=1S/C12H12BrClN4O2S2/c13-9-1-2-12(21-9)22(19,20)18-5-3-17(4-6-18)11-8-15-7-10(14)16-11/h1-2,7-8H,3-6H2. The Morgan fingerprint density at radius 3 is 2.50 bits per heavy atom. The molecule has 1 fully saturated rings. The number of hydrogen-bond acceptors (Lipinski definition) is 6. The molecule has 0 N–H and O–H groups in total. The largest absolute Gasteiger partial charge is 0.353 e. The molecular formula is C12H12BrClN4O2S2. The number of sulfonamides is 1. The van der Waals surface area contributed by atoms with Crippen molar-refractivity contribution < 1.29 is 8.42 Å². The predicted octanol–water partition coefficient (Wildman–Crippen LogP) is 2.46. The monoisotopic (exact) mass is 422 g/mol. The number of thiophene rings is 1. The van der Waals surface area contributed by atoms with Crippen molar-refractivity contribution in [1.82, 2.24) is 14.3 Å². The first kappa shape index (κ1) is 16.1. The van der Waals surface area contributed by atoms with Crippen LogP contribution in [-0.4, -0.2) is 48.9 Å². The van der Waals surface area contributed by atoms with Crippen molar-refractivity contribution in [3.8, 4) is 0 Å². The Morgan fingerprint density at radius 2 is 1.91 bits per heavy atom. The summed E-state index contributed by atoms with van der Waals surface area (Å²) in [5.41, 5.74) is 0. The smallest absolute Gasteiger partial charge is 0.252 e. The molecule has 1 saturated heterocycles. The molecule has 6 nitrogen and oxygen atoms in total. The van der Waals surface area contributed by atoms with E-state index in [1.54, 1.807) is 18.3 Å². The van der Waals surface area contributed by atoms with Crippen LogP contribution in [0.4, 0.5) is 5.82 Å². The molecule has 0 spiro atoms. The Labute approximate surface area is 145 Å². The van der Waals surface area contributed by atoms with Gasteiger partial charge >= 0.3 is 0 Å². The van der Waals surface area contributed by atoms with E-state index in [9.17, 15) is 8.42 Å². The number of hydrogen-bond donors (Lipinski definition) is 0. The van der Waals surface area contributed by atoms with E-state index < -0.39 is 10.0 Å². The number of aromatic nitrogens is 2. The van der Waals surface area contributed by atoms with Gasteiger partial charge in [-0.1, -0.05) is 11.6 Å². The lowest BCUT2D eigenvalue weighted by Gasteiger charge is -2.34. The zero-order chi connectivity index (χ0) is 15.7. The average molecular weight is 424 g/mol. The summed E-state index contributed by atoms with van der Waals surface area (Å²) >= 11 is 10.4. The summed E-state index contributed by atoms with van der Waals surface area (Å²) in [7, 11) is -3.42. The first-order valence-corrected chi connectivity index (χ1v) is 9.87. The maximum Gasteiger partial charge on any atom is 0.252 e. The van der Waals surface area contributed by atoms with Gasteiger partial charge in [0.1, 0.15) is 15.2 Å². The first-order valence-electron chi connectivity index (χ1n) is 6.45. The van der Waals surface area contributed by atoms with Crippen LogP contribution in [0.15, 0.2) is 32.5 Å². The van der Waals surface area contributed by atoms with Crippen LogP contribution in [-0.2, 0) is 10.0 Å². The van der Waals surface area contributed by atoms with Gasteiger partial charge in [0.2, 0.25) is 0 Å². The van der Waals surface area contributed by atoms with Gasteiger partial charge in [-0.25, -0.2) is 13.4 Å². The number of piperazine rings is 1. The Balaban J connectivity index is 1.72. The van der Waals surface area contributed by atoms with Crippen molar-refractivity contribution in [2.45, 2.75) is 4.21 Å². The minimum atomic E-state index is -3.42. The predicted molar refractivity (Wildman–Crippen MR) is 90.0 cm³/mol. The molecule has 0 amide bonds. The van der Waals surface area contributed by atoms with Crippen LogP contribution < -0.4 is 4.90 Å². The highest BCUT2D eigenvalue weighted by atomic mass is 79.9. The van der Waals surface area contributed by atoms with Crippen molar-refractivity contribution in [2.75, 3.05) is 31.1 Å². The molecule has 0 bridgehead atoms. The third-order valence-corrected chi connectivity index (χ3v) is 7.47. The van der Waals surface area contributed by atoms with E-state index in [0.717, 1.165) is 3.79 Å². The van der Waals surface area contributed by atoms with Gasteiger partial charge in [-0.05, 0) is 28.1 Å². The van der Waals surface area contributed by atoms with Gasteiger partial charge in [-0.15, -0.1) is 11.3 Å². The molecule has 3 heterocycles. The Hall–Kier alpha value is -0.740. The van der Waals surface area contributed by atoms with E-state index in [1.165, 1.54) is 21.8 Å². The maximum atomic E-state index is 12.5. The van der Waals surface area contributed by atoms with E-state index in [-0.39, 0.29) is 0 Å². The molecule has 10 heteroatoms. The molecule has 22 heavy (non-hydrogen) atoms. The molecule has 0 saturated carbocycles. The third kappa shape index (κ3) is 3.28. The summed E-state index contributed by atoms with van der Waals surface area (Å²) in [4.78, 5) is 10.2. The third-order valence-electron chi connectivity index (χ3n) is 3.30. The molecule has 2 aromatic heterocycles. The molecule has 0 radical (unpaired) electrons. The highest BCUT2D eigenvalue weighted by Gasteiger charge is 2.30. The molecule has 2 aromatic rings. The lowest BCUT2D eigenvalue weighted by Crippen LogP contribution is -2.48. The lowest BCUT2D eigenvalue weighted by molar-refractivity contribution is 0.384. The van der Waals surface area contributed by atoms with Crippen LogP contribution in [0.25, 0.3) is 0 Å². The van der Waals surface area contributed by atoms with Crippen LogP contribution in [0.2, 0.25) is 5.15 Å². The van der Waals surface area contributed by atoms with Crippen molar-refractivity contribution in [2.24, 2.45) is 0 Å². The highest BCUT2D eigenvalue weighted by Crippen LogP contribution is 2.29. The van der Waals surface area contributed by atoms with Crippen LogP contribution in [0.5, 0.6) is 0 Å². The van der Waals surface area contributed by atoms with Crippen molar-refractivity contribution in [1.29, 1.82) is 0 Å². The minimum absolute atomic E-state index is 0.330. The summed E-state index contributed by atoms with van der Waals surface area (Å²) < 4.78 is 27.8. The molecule has 0 atom stereocenters. The van der Waals surface area contributed by atoms with E-state index in [0.29, 0.717) is 41.4 Å². The zero-order valence-corrected chi connectivity index (χ0v) is 15.3. The fraction of sp³-hybridized carbons (Fsp3) is 0.333. The molecule has 1 aliphatic rings. The van der Waals surface area contributed by atoms with Crippen molar-refractivity contribution in [3.63, 3.8) is 0 Å². The topological polar surface area (TPSA) is 66.4 Å². The van der Waals surface area contributed by atoms with Gasteiger partial charge in [-0.3, -0.25) is 4.98 Å². The number of halogens is 2. The number of nitrogens with zero attached hydrogens (tertiary/aromatic N) is 4. The van der Waals surface area contributed by atoms with Crippen LogP contribution in [0.1, 0.15) is 0 Å². The number of rotatable bonds is 3. The Kier molecular flexibility index (Phi) is 4.69. The average Bonchev–Trinajstić information content (AvgIpc) is 2.95. The number of anilines is 1. The maximum absolute atomic E-state index is 12.5. The molecule has 0 aliphatic carbocycles. The van der Waals surface area contributed by atoms with Crippen molar-refractivity contribution in [3.05, 3.63) is 33.5 Å².